The van der Waals surface area contributed by atoms with Crippen molar-refractivity contribution in [2.24, 2.45) is 0 Å². The summed E-state index contributed by atoms with van der Waals surface area (Å²) in [5.41, 5.74) is 0. The Kier molecular flexibility index (Phi) is 2.91. The number of ether oxygens (including phenoxy) is 1. The van der Waals surface area contributed by atoms with Crippen LogP contribution < -0.4 is 10.1 Å². The molecule has 0 atom stereocenters. The van der Waals surface area contributed by atoms with Crippen LogP contribution in [-0.4, -0.2) is 24.1 Å². The first-order valence-corrected chi connectivity index (χ1v) is 3.40. The Morgan fingerprint density at radius 1 is 1.42 bits per heavy atom. The van der Waals surface area contributed by atoms with Gasteiger partial charge in [-0.05, 0) is 5.92 Å². The maximum absolute atomic E-state index is 4.88. The highest BCUT2D eigenvalue weighted by Gasteiger charge is 1.91. The van der Waals surface area contributed by atoms with E-state index in [2.05, 4.69) is 27.2 Å². The molecule has 0 aromatic carbocycles. The van der Waals surface area contributed by atoms with Gasteiger partial charge in [0.25, 0.3) is 0 Å². The third-order valence-corrected chi connectivity index (χ3v) is 1.16. The average molecular weight is 163 g/mol. The highest BCUT2D eigenvalue weighted by atomic mass is 16.5. The van der Waals surface area contributed by atoms with E-state index in [1.807, 2.05) is 0 Å². The normalized spacial score (nSPS) is 8.17. The molecule has 0 saturated carbocycles. The van der Waals surface area contributed by atoms with E-state index in [0.717, 1.165) is 0 Å². The maximum atomic E-state index is 4.88. The molecule has 0 unspecified atom stereocenters. The van der Waals surface area contributed by atoms with Crippen molar-refractivity contribution in [2.75, 3.05) is 14.2 Å². The zero-order valence-electron chi connectivity index (χ0n) is 6.96. The fourth-order valence-electron chi connectivity index (χ4n) is 0.605. The lowest BCUT2D eigenvalue weighted by Crippen LogP contribution is -1.95. The second kappa shape index (κ2) is 4.19. The molecule has 1 heterocycles. The van der Waals surface area contributed by atoms with Crippen LogP contribution in [0.4, 0.5) is 0 Å². The summed E-state index contributed by atoms with van der Waals surface area (Å²) >= 11 is 0. The minimum absolute atomic E-state index is 0.477. The lowest BCUT2D eigenvalue weighted by molar-refractivity contribution is 0.410. The summed E-state index contributed by atoms with van der Waals surface area (Å²) in [6, 6.07) is 2.64. The number of nitrogens with one attached hydrogen (secondary N) is 1. The Labute approximate surface area is 71.0 Å². The number of rotatable bonds is 1. The molecule has 0 bridgehead atoms. The predicted octanol–water partition coefficient (Wildman–Crippen LogP) is 0.0136. The average Bonchev–Trinajstić information content (AvgIpc) is 2.15. The first kappa shape index (κ1) is 8.34. The highest BCUT2D eigenvalue weighted by molar-refractivity contribution is 5.22. The van der Waals surface area contributed by atoms with Gasteiger partial charge in [0.15, 0.2) is 5.75 Å². The molecule has 4 nitrogen and oxygen atoms in total. The Morgan fingerprint density at radius 3 is 2.58 bits per heavy atom. The monoisotopic (exact) mass is 163 g/mol. The second-order valence-corrected chi connectivity index (χ2v) is 1.95. The third-order valence-electron chi connectivity index (χ3n) is 1.16. The van der Waals surface area contributed by atoms with E-state index in [1.165, 1.54) is 0 Å². The van der Waals surface area contributed by atoms with Crippen LogP contribution in [0.1, 0.15) is 5.82 Å². The van der Waals surface area contributed by atoms with E-state index in [4.69, 9.17) is 4.74 Å². The van der Waals surface area contributed by atoms with Crippen molar-refractivity contribution in [3.8, 4) is 17.7 Å². The number of aromatic nitrogens is 2. The molecule has 0 aliphatic rings. The van der Waals surface area contributed by atoms with E-state index in [9.17, 15) is 0 Å². The Balaban J connectivity index is 2.78. The van der Waals surface area contributed by atoms with E-state index in [1.54, 1.807) is 26.6 Å². The number of hydrogen-bond donors (Lipinski definition) is 1. The van der Waals surface area contributed by atoms with Gasteiger partial charge in [-0.2, -0.15) is 0 Å². The molecule has 12 heavy (non-hydrogen) atoms. The van der Waals surface area contributed by atoms with E-state index < -0.39 is 0 Å². The van der Waals surface area contributed by atoms with Gasteiger partial charge in [0.2, 0.25) is 5.82 Å². The predicted molar refractivity (Wildman–Crippen MR) is 44.5 cm³/mol. The summed E-state index contributed by atoms with van der Waals surface area (Å²) in [4.78, 5) is 7.87. The summed E-state index contributed by atoms with van der Waals surface area (Å²) in [7, 11) is 3.30. The summed E-state index contributed by atoms with van der Waals surface area (Å²) in [6.45, 7) is 0. The van der Waals surface area contributed by atoms with Crippen LogP contribution in [0, 0.1) is 12.0 Å². The highest BCUT2D eigenvalue weighted by Crippen LogP contribution is 2.03. The third kappa shape index (κ3) is 2.13. The number of nitrogens with zero attached hydrogens (tertiary/aromatic N) is 2. The zero-order valence-corrected chi connectivity index (χ0v) is 6.96. The van der Waals surface area contributed by atoms with Crippen LogP contribution in [0.25, 0.3) is 0 Å². The molecular weight excluding hydrogens is 154 g/mol. The summed E-state index contributed by atoms with van der Waals surface area (Å²) < 4.78 is 4.88. The molecule has 62 valence electrons. The van der Waals surface area contributed by atoms with Crippen LogP contribution in [0.15, 0.2) is 12.4 Å². The maximum Gasteiger partial charge on any atom is 0.206 e. The van der Waals surface area contributed by atoms with Crippen LogP contribution >= 0.6 is 0 Å². The molecule has 0 aliphatic heterocycles. The van der Waals surface area contributed by atoms with E-state index in [-0.39, 0.29) is 0 Å². The minimum Gasteiger partial charge on any atom is -0.494 e. The quantitative estimate of drug-likeness (QED) is 0.468. The molecule has 0 fully saturated rings. The molecule has 0 aliphatic carbocycles. The van der Waals surface area contributed by atoms with Crippen molar-refractivity contribution in [3.05, 3.63) is 18.2 Å². The molecule has 4 heteroatoms. The topological polar surface area (TPSA) is 47.0 Å². The van der Waals surface area contributed by atoms with Gasteiger partial charge in [-0.1, -0.05) is 0 Å². The summed E-state index contributed by atoms with van der Waals surface area (Å²) in [5.74, 6) is 3.81. The molecular formula is C8H9N3O. The molecule has 1 aromatic rings. The van der Waals surface area contributed by atoms with Crippen LogP contribution in [0.3, 0.4) is 0 Å². The first-order chi connectivity index (χ1) is 5.86. The van der Waals surface area contributed by atoms with Gasteiger partial charge in [-0.3, -0.25) is 0 Å². The van der Waals surface area contributed by atoms with Gasteiger partial charge >= 0.3 is 0 Å². The molecule has 0 amide bonds. The number of hydrogen-bond acceptors (Lipinski definition) is 4. The molecule has 0 saturated heterocycles. The summed E-state index contributed by atoms with van der Waals surface area (Å²) in [5, 5.41) is 2.67. The molecule has 1 aromatic heterocycles. The fourth-order valence-corrected chi connectivity index (χ4v) is 0.605. The zero-order chi connectivity index (χ0) is 8.81. The number of methoxy groups -OCH3 is 1. The van der Waals surface area contributed by atoms with Crippen molar-refractivity contribution < 1.29 is 4.74 Å². The summed E-state index contributed by atoms with van der Waals surface area (Å²) in [6.07, 6.45) is 3.15. The van der Waals surface area contributed by atoms with Gasteiger partial charge in [-0.25, -0.2) is 9.97 Å². The fraction of sp³-hybridized carbons (Fsp3) is 0.250. The van der Waals surface area contributed by atoms with Crippen molar-refractivity contribution in [3.63, 3.8) is 0 Å². The Bertz CT molecular complexity index is 296. The Hall–Kier alpha value is -1.76. The van der Waals surface area contributed by atoms with Crippen LogP contribution in [-0.2, 0) is 0 Å². The standard InChI is InChI=1S/C8H9N3O/c1-9-4-3-8-10-5-7(12-2)6-11-8/h5-6,9H,1-2H3. The molecule has 1 N–H and O–H groups in total. The van der Waals surface area contributed by atoms with Crippen LogP contribution in [0.2, 0.25) is 0 Å². The molecule has 0 spiro atoms. The van der Waals surface area contributed by atoms with Crippen molar-refractivity contribution in [2.45, 2.75) is 0 Å². The molecule has 0 radical (unpaired) electrons. The van der Waals surface area contributed by atoms with E-state index in [0.29, 0.717) is 11.6 Å². The van der Waals surface area contributed by atoms with Crippen LogP contribution in [0.5, 0.6) is 5.75 Å². The van der Waals surface area contributed by atoms with Gasteiger partial charge < -0.3 is 10.1 Å². The Morgan fingerprint density at radius 2 is 2.08 bits per heavy atom. The van der Waals surface area contributed by atoms with Crippen molar-refractivity contribution >= 4 is 0 Å². The van der Waals surface area contributed by atoms with Gasteiger partial charge in [0, 0.05) is 13.1 Å². The lowest BCUT2D eigenvalue weighted by atomic mass is 10.5. The largest absolute Gasteiger partial charge is 0.494 e. The van der Waals surface area contributed by atoms with E-state index >= 15 is 0 Å². The van der Waals surface area contributed by atoms with Gasteiger partial charge in [-0.15, -0.1) is 0 Å². The van der Waals surface area contributed by atoms with Crippen molar-refractivity contribution in [1.82, 2.24) is 15.3 Å². The van der Waals surface area contributed by atoms with Crippen molar-refractivity contribution in [1.29, 1.82) is 0 Å². The van der Waals surface area contributed by atoms with Gasteiger partial charge in [0.05, 0.1) is 19.5 Å². The molecule has 1 rings (SSSR count). The first-order valence-electron chi connectivity index (χ1n) is 3.40. The smallest absolute Gasteiger partial charge is 0.206 e. The SMILES string of the molecule is CNC#Cc1ncc(OC)cn1. The lowest BCUT2D eigenvalue weighted by Gasteiger charge is -1.95. The van der Waals surface area contributed by atoms with Gasteiger partial charge in [0.1, 0.15) is 0 Å². The minimum atomic E-state index is 0.477. The second-order valence-electron chi connectivity index (χ2n) is 1.95.